The number of halogens is 1. The third kappa shape index (κ3) is 3.50. The lowest BCUT2D eigenvalue weighted by Crippen LogP contribution is -2.17. The molecule has 2 aromatic carbocycles. The number of hydrogen-bond acceptors (Lipinski definition) is 4. The summed E-state index contributed by atoms with van der Waals surface area (Å²) in [6, 6.07) is 8.13. The van der Waals surface area contributed by atoms with Crippen molar-refractivity contribution in [1.29, 1.82) is 0 Å². The number of sulfonamides is 1. The SMILES string of the molecule is COC(=O)c1cccc(S(=O)(=O)Nc2cc(F)ccc2C)c1C. The molecule has 23 heavy (non-hydrogen) atoms. The van der Waals surface area contributed by atoms with Crippen LogP contribution in [0, 0.1) is 19.7 Å². The molecule has 0 aliphatic heterocycles. The first-order valence-electron chi connectivity index (χ1n) is 6.73. The van der Waals surface area contributed by atoms with Crippen LogP contribution in [0.2, 0.25) is 0 Å². The van der Waals surface area contributed by atoms with E-state index in [4.69, 9.17) is 0 Å². The van der Waals surface area contributed by atoms with Gasteiger partial charge in [0.2, 0.25) is 0 Å². The van der Waals surface area contributed by atoms with Gasteiger partial charge in [-0.25, -0.2) is 17.6 Å². The summed E-state index contributed by atoms with van der Waals surface area (Å²) in [5, 5.41) is 0. The molecule has 0 spiro atoms. The van der Waals surface area contributed by atoms with E-state index in [0.717, 1.165) is 6.07 Å². The van der Waals surface area contributed by atoms with E-state index in [0.29, 0.717) is 5.56 Å². The van der Waals surface area contributed by atoms with Crippen LogP contribution in [0.5, 0.6) is 0 Å². The predicted molar refractivity (Wildman–Crippen MR) is 84.5 cm³/mol. The minimum absolute atomic E-state index is 0.0657. The monoisotopic (exact) mass is 337 g/mol. The second-order valence-corrected chi connectivity index (χ2v) is 6.64. The Kier molecular flexibility index (Phi) is 4.70. The molecule has 0 heterocycles. The second-order valence-electron chi connectivity index (χ2n) is 4.99. The van der Waals surface area contributed by atoms with Crippen LogP contribution in [0.4, 0.5) is 10.1 Å². The summed E-state index contributed by atoms with van der Waals surface area (Å²) < 4.78 is 45.4. The fourth-order valence-corrected chi connectivity index (χ4v) is 3.53. The zero-order valence-corrected chi connectivity index (χ0v) is 13.7. The van der Waals surface area contributed by atoms with Crippen LogP contribution in [0.15, 0.2) is 41.3 Å². The standard InChI is InChI=1S/C16H16FNO4S/c1-10-7-8-12(17)9-14(10)18-23(20,21)15-6-4-5-13(11(15)2)16(19)22-3/h4-9,18H,1-3H3. The number of aryl methyl sites for hydroxylation is 1. The maximum absolute atomic E-state index is 13.3. The normalized spacial score (nSPS) is 11.1. The molecule has 0 aliphatic carbocycles. The van der Waals surface area contributed by atoms with E-state index in [-0.39, 0.29) is 21.7 Å². The van der Waals surface area contributed by atoms with E-state index in [9.17, 15) is 17.6 Å². The van der Waals surface area contributed by atoms with E-state index in [2.05, 4.69) is 9.46 Å². The summed E-state index contributed by atoms with van der Waals surface area (Å²) in [6.07, 6.45) is 0. The Labute approximate surface area is 134 Å². The lowest BCUT2D eigenvalue weighted by molar-refractivity contribution is 0.0599. The van der Waals surface area contributed by atoms with Crippen LogP contribution in [0.1, 0.15) is 21.5 Å². The number of carbonyl (C=O) groups is 1. The molecule has 5 nitrogen and oxygen atoms in total. The van der Waals surface area contributed by atoms with E-state index in [1.165, 1.54) is 44.4 Å². The third-order valence-electron chi connectivity index (χ3n) is 3.42. The summed E-state index contributed by atoms with van der Waals surface area (Å²) in [4.78, 5) is 11.6. The summed E-state index contributed by atoms with van der Waals surface area (Å²) in [6.45, 7) is 3.17. The minimum atomic E-state index is -3.97. The van der Waals surface area contributed by atoms with E-state index in [1.54, 1.807) is 6.92 Å². The van der Waals surface area contributed by atoms with Crippen molar-refractivity contribution in [3.63, 3.8) is 0 Å². The molecule has 0 radical (unpaired) electrons. The van der Waals surface area contributed by atoms with Gasteiger partial charge in [0.25, 0.3) is 10.0 Å². The zero-order valence-electron chi connectivity index (χ0n) is 12.9. The molecule has 2 aromatic rings. The Morgan fingerprint density at radius 1 is 1.17 bits per heavy atom. The van der Waals surface area contributed by atoms with Gasteiger partial charge >= 0.3 is 5.97 Å². The molecule has 7 heteroatoms. The van der Waals surface area contributed by atoms with Gasteiger partial charge in [0.15, 0.2) is 0 Å². The highest BCUT2D eigenvalue weighted by Crippen LogP contribution is 2.24. The minimum Gasteiger partial charge on any atom is -0.465 e. The molecule has 0 aliphatic rings. The number of carbonyl (C=O) groups excluding carboxylic acids is 1. The van der Waals surface area contributed by atoms with Gasteiger partial charge in [-0.15, -0.1) is 0 Å². The predicted octanol–water partition coefficient (Wildman–Crippen LogP) is 3.03. The van der Waals surface area contributed by atoms with Gasteiger partial charge in [0.05, 0.1) is 23.3 Å². The topological polar surface area (TPSA) is 72.5 Å². The van der Waals surface area contributed by atoms with E-state index < -0.39 is 21.8 Å². The van der Waals surface area contributed by atoms with Crippen LogP contribution in [0.25, 0.3) is 0 Å². The zero-order chi connectivity index (χ0) is 17.2. The maximum atomic E-state index is 13.3. The molecule has 0 fully saturated rings. The van der Waals surface area contributed by atoms with Crippen LogP contribution in [-0.2, 0) is 14.8 Å². The average Bonchev–Trinajstić information content (AvgIpc) is 2.50. The molecule has 0 unspecified atom stereocenters. The fourth-order valence-electron chi connectivity index (χ4n) is 2.14. The summed E-state index contributed by atoms with van der Waals surface area (Å²) in [5.41, 5.74) is 1.15. The highest BCUT2D eigenvalue weighted by atomic mass is 32.2. The quantitative estimate of drug-likeness (QED) is 0.871. The molecule has 0 aromatic heterocycles. The molecule has 0 bridgehead atoms. The Balaban J connectivity index is 2.48. The highest BCUT2D eigenvalue weighted by molar-refractivity contribution is 7.92. The van der Waals surface area contributed by atoms with Crippen LogP contribution in [0.3, 0.4) is 0 Å². The molecule has 1 N–H and O–H groups in total. The largest absolute Gasteiger partial charge is 0.465 e. The first-order chi connectivity index (χ1) is 10.8. The second kappa shape index (κ2) is 6.37. The Morgan fingerprint density at radius 3 is 2.52 bits per heavy atom. The number of methoxy groups -OCH3 is 1. The van der Waals surface area contributed by atoms with Gasteiger partial charge in [0.1, 0.15) is 5.82 Å². The first kappa shape index (κ1) is 17.0. The average molecular weight is 337 g/mol. The fraction of sp³-hybridized carbons (Fsp3) is 0.188. The Hall–Kier alpha value is -2.41. The van der Waals surface area contributed by atoms with Crippen molar-refractivity contribution in [2.45, 2.75) is 18.7 Å². The number of ether oxygens (including phenoxy) is 1. The number of esters is 1. The molecular weight excluding hydrogens is 321 g/mol. The maximum Gasteiger partial charge on any atom is 0.338 e. The summed E-state index contributed by atoms with van der Waals surface area (Å²) in [7, 11) is -2.75. The molecule has 2 rings (SSSR count). The van der Waals surface area contributed by atoms with Gasteiger partial charge < -0.3 is 4.74 Å². The van der Waals surface area contributed by atoms with Crippen molar-refractivity contribution >= 4 is 21.7 Å². The highest BCUT2D eigenvalue weighted by Gasteiger charge is 2.22. The van der Waals surface area contributed by atoms with Gasteiger partial charge in [-0.05, 0) is 49.2 Å². The van der Waals surface area contributed by atoms with Crippen LogP contribution < -0.4 is 4.72 Å². The Bertz CT molecular complexity index is 862. The van der Waals surface area contributed by atoms with E-state index >= 15 is 0 Å². The van der Waals surface area contributed by atoms with Gasteiger partial charge in [0, 0.05) is 0 Å². The van der Waals surface area contributed by atoms with Crippen molar-refractivity contribution in [1.82, 2.24) is 0 Å². The molecular formula is C16H16FNO4S. The van der Waals surface area contributed by atoms with Crippen molar-refractivity contribution in [2.24, 2.45) is 0 Å². The van der Waals surface area contributed by atoms with Crippen molar-refractivity contribution in [2.75, 3.05) is 11.8 Å². The van der Waals surface area contributed by atoms with Crippen molar-refractivity contribution in [3.8, 4) is 0 Å². The number of nitrogens with one attached hydrogen (secondary N) is 1. The molecule has 0 atom stereocenters. The smallest absolute Gasteiger partial charge is 0.338 e. The molecule has 0 saturated heterocycles. The van der Waals surface area contributed by atoms with Crippen molar-refractivity contribution < 1.29 is 22.3 Å². The third-order valence-corrected chi connectivity index (χ3v) is 4.93. The van der Waals surface area contributed by atoms with Gasteiger partial charge in [-0.3, -0.25) is 4.72 Å². The van der Waals surface area contributed by atoms with E-state index in [1.807, 2.05) is 0 Å². The van der Waals surface area contributed by atoms with Gasteiger partial charge in [-0.2, -0.15) is 0 Å². The molecule has 0 amide bonds. The van der Waals surface area contributed by atoms with Crippen LogP contribution >= 0.6 is 0 Å². The van der Waals surface area contributed by atoms with Gasteiger partial charge in [-0.1, -0.05) is 12.1 Å². The molecule has 0 saturated carbocycles. The first-order valence-corrected chi connectivity index (χ1v) is 8.21. The number of rotatable bonds is 4. The molecule has 122 valence electrons. The lowest BCUT2D eigenvalue weighted by atomic mass is 10.1. The Morgan fingerprint density at radius 2 is 1.87 bits per heavy atom. The number of anilines is 1. The van der Waals surface area contributed by atoms with Crippen molar-refractivity contribution in [3.05, 3.63) is 58.9 Å². The summed E-state index contributed by atoms with van der Waals surface area (Å²) in [5.74, 6) is -1.17. The number of hydrogen-bond donors (Lipinski definition) is 1. The van der Waals surface area contributed by atoms with Crippen LogP contribution in [-0.4, -0.2) is 21.5 Å². The lowest BCUT2D eigenvalue weighted by Gasteiger charge is -2.14. The number of benzene rings is 2. The summed E-state index contributed by atoms with van der Waals surface area (Å²) >= 11 is 0.